The Labute approximate surface area is 260 Å². The van der Waals surface area contributed by atoms with Gasteiger partial charge in [-0.2, -0.15) is 18.2 Å². The summed E-state index contributed by atoms with van der Waals surface area (Å²) in [4.78, 5) is 18.0. The number of aromatic nitrogens is 3. The summed E-state index contributed by atoms with van der Waals surface area (Å²) in [5.74, 6) is -2.19. The Hall–Kier alpha value is -3.81. The molecule has 5 rings (SSSR count). The summed E-state index contributed by atoms with van der Waals surface area (Å²) in [6.07, 6.45) is -3.63. The monoisotopic (exact) mass is 642 g/mol. The molecule has 0 saturated carbocycles. The molecule has 0 radical (unpaired) electrons. The molecule has 4 aromatic rings. The van der Waals surface area contributed by atoms with E-state index in [2.05, 4.69) is 54.1 Å². The number of aliphatic carboxylic acids is 1. The first-order valence-electron chi connectivity index (χ1n) is 14.8. The number of nitrogens with zero attached hydrogens (tertiary/aromatic N) is 4. The lowest BCUT2D eigenvalue weighted by molar-refractivity contribution is -0.143. The molecule has 9 nitrogen and oxygen atoms in total. The van der Waals surface area contributed by atoms with Gasteiger partial charge in [-0.05, 0) is 43.1 Å². The van der Waals surface area contributed by atoms with E-state index in [1.54, 1.807) is 30.3 Å². The van der Waals surface area contributed by atoms with Gasteiger partial charge in [0.1, 0.15) is 11.3 Å². The van der Waals surface area contributed by atoms with Crippen LogP contribution in [-0.4, -0.2) is 59.2 Å². The average Bonchev–Trinajstić information content (AvgIpc) is 3.65. The summed E-state index contributed by atoms with van der Waals surface area (Å²) in [5, 5.41) is 17.1. The summed E-state index contributed by atoms with van der Waals surface area (Å²) in [6.45, 7) is 12.6. The topological polar surface area (TPSA) is 115 Å². The standard InChI is InChI=1S/C32H37F3N4O5Si/c1-31(2,3)45(4,5)44-24(19-39-17-9-12-23(18-39)30(40)41)20-13-15-22(16-14-20)28-36-29(43-38-28)27-25(32(33,34)35)26(37-42-27)21-10-7-6-8-11-21/h6-8,10-11,13-16,23-24H,9,12,17-19H2,1-5H3,(H,40,41)/t23?,24-/m0/s1. The van der Waals surface area contributed by atoms with Crippen molar-refractivity contribution in [3.05, 3.63) is 65.7 Å². The van der Waals surface area contributed by atoms with E-state index in [1.807, 2.05) is 12.1 Å². The molecule has 1 fully saturated rings. The highest BCUT2D eigenvalue weighted by Gasteiger charge is 2.43. The third kappa shape index (κ3) is 7.20. The fourth-order valence-electron chi connectivity index (χ4n) is 5.17. The normalized spacial score (nSPS) is 17.4. The molecular formula is C32H37F3N4O5Si. The highest BCUT2D eigenvalue weighted by atomic mass is 28.4. The molecule has 13 heteroatoms. The molecule has 0 amide bonds. The molecule has 2 aromatic heterocycles. The van der Waals surface area contributed by atoms with Gasteiger partial charge < -0.3 is 18.6 Å². The highest BCUT2D eigenvalue weighted by Crippen LogP contribution is 2.43. The van der Waals surface area contributed by atoms with Gasteiger partial charge in [0.25, 0.3) is 5.89 Å². The number of benzene rings is 2. The van der Waals surface area contributed by atoms with Crippen molar-refractivity contribution in [2.24, 2.45) is 5.92 Å². The van der Waals surface area contributed by atoms with Crippen LogP contribution < -0.4 is 0 Å². The van der Waals surface area contributed by atoms with Crippen LogP contribution in [0.1, 0.15) is 50.8 Å². The first-order chi connectivity index (χ1) is 21.1. The van der Waals surface area contributed by atoms with Crippen molar-refractivity contribution in [1.82, 2.24) is 20.2 Å². The number of hydrogen-bond acceptors (Lipinski definition) is 8. The van der Waals surface area contributed by atoms with Crippen LogP contribution in [0, 0.1) is 5.92 Å². The van der Waals surface area contributed by atoms with Gasteiger partial charge in [-0.3, -0.25) is 9.69 Å². The summed E-state index contributed by atoms with van der Waals surface area (Å²) in [6, 6.07) is 15.2. The summed E-state index contributed by atoms with van der Waals surface area (Å²) in [7, 11) is -2.22. The number of carboxylic acids is 1. The number of rotatable bonds is 9. The number of halogens is 3. The smallest absolute Gasteiger partial charge is 0.422 e. The van der Waals surface area contributed by atoms with Gasteiger partial charge >= 0.3 is 12.1 Å². The SMILES string of the molecule is CC(C)(C)[Si](C)(C)O[C@@H](CN1CCCC(C(=O)O)C1)c1ccc(-c2noc(-c3onc(-c4ccccc4)c3C(F)(F)F)n2)cc1. The van der Waals surface area contributed by atoms with Gasteiger partial charge in [0.2, 0.25) is 11.6 Å². The molecule has 1 unspecified atom stereocenters. The third-order valence-corrected chi connectivity index (χ3v) is 13.2. The third-order valence-electron chi connectivity index (χ3n) is 8.71. The maximum atomic E-state index is 14.2. The van der Waals surface area contributed by atoms with Gasteiger partial charge in [-0.1, -0.05) is 85.7 Å². The number of alkyl halides is 3. The minimum absolute atomic E-state index is 0.0475. The highest BCUT2D eigenvalue weighted by molar-refractivity contribution is 6.74. The van der Waals surface area contributed by atoms with Crippen molar-refractivity contribution in [2.75, 3.05) is 19.6 Å². The minimum atomic E-state index is -4.78. The Balaban J connectivity index is 1.42. The Morgan fingerprint density at radius 3 is 2.36 bits per heavy atom. The fraction of sp³-hybridized carbons (Fsp3) is 0.438. The molecule has 3 heterocycles. The molecule has 2 aromatic carbocycles. The van der Waals surface area contributed by atoms with Crippen LogP contribution in [0.15, 0.2) is 63.6 Å². The number of likely N-dealkylation sites (tertiary alicyclic amines) is 1. The Morgan fingerprint density at radius 2 is 1.73 bits per heavy atom. The molecule has 240 valence electrons. The number of hydrogen-bond donors (Lipinski definition) is 1. The lowest BCUT2D eigenvalue weighted by atomic mass is 9.97. The van der Waals surface area contributed by atoms with E-state index in [1.165, 1.54) is 12.1 Å². The molecule has 1 aliphatic rings. The lowest BCUT2D eigenvalue weighted by Gasteiger charge is -2.41. The van der Waals surface area contributed by atoms with Crippen LogP contribution in [-0.2, 0) is 15.4 Å². The number of piperidine rings is 1. The summed E-state index contributed by atoms with van der Waals surface area (Å²) in [5.41, 5.74) is 0.214. The van der Waals surface area contributed by atoms with E-state index in [4.69, 9.17) is 13.5 Å². The quantitative estimate of drug-likeness (QED) is 0.182. The average molecular weight is 643 g/mol. The molecular weight excluding hydrogens is 605 g/mol. The van der Waals surface area contributed by atoms with Gasteiger partial charge in [-0.25, -0.2) is 0 Å². The van der Waals surface area contributed by atoms with Crippen molar-refractivity contribution in [1.29, 1.82) is 0 Å². The zero-order chi connectivity index (χ0) is 32.6. The van der Waals surface area contributed by atoms with Crippen LogP contribution >= 0.6 is 0 Å². The second-order valence-electron chi connectivity index (χ2n) is 12.9. The summed E-state index contributed by atoms with van der Waals surface area (Å²) >= 11 is 0. The van der Waals surface area contributed by atoms with E-state index < -0.39 is 43.6 Å². The molecule has 1 aliphatic heterocycles. The zero-order valence-electron chi connectivity index (χ0n) is 25.9. The number of carbonyl (C=O) groups is 1. The number of carboxylic acid groups (broad SMARTS) is 1. The van der Waals surface area contributed by atoms with Crippen LogP contribution in [0.25, 0.3) is 34.3 Å². The zero-order valence-corrected chi connectivity index (χ0v) is 26.9. The van der Waals surface area contributed by atoms with Crippen LogP contribution in [0.4, 0.5) is 13.2 Å². The second kappa shape index (κ2) is 12.5. The van der Waals surface area contributed by atoms with Gasteiger partial charge in [-0.15, -0.1) is 0 Å². The van der Waals surface area contributed by atoms with Crippen molar-refractivity contribution >= 4 is 14.3 Å². The van der Waals surface area contributed by atoms with Gasteiger partial charge in [0, 0.05) is 24.2 Å². The molecule has 1 N–H and O–H groups in total. The Bertz CT molecular complexity index is 1610. The first kappa shape index (κ1) is 32.6. The first-order valence-corrected chi connectivity index (χ1v) is 17.7. The van der Waals surface area contributed by atoms with Crippen LogP contribution in [0.5, 0.6) is 0 Å². The van der Waals surface area contributed by atoms with Crippen LogP contribution in [0.3, 0.4) is 0 Å². The maximum Gasteiger partial charge on any atom is 0.422 e. The van der Waals surface area contributed by atoms with Crippen molar-refractivity contribution < 1.29 is 36.5 Å². The van der Waals surface area contributed by atoms with Crippen molar-refractivity contribution in [3.63, 3.8) is 0 Å². The molecule has 0 spiro atoms. The van der Waals surface area contributed by atoms with Gasteiger partial charge in [0.05, 0.1) is 12.0 Å². The summed E-state index contributed by atoms with van der Waals surface area (Å²) < 4.78 is 59.7. The molecule has 45 heavy (non-hydrogen) atoms. The fourth-order valence-corrected chi connectivity index (χ4v) is 6.45. The van der Waals surface area contributed by atoms with E-state index in [0.29, 0.717) is 25.1 Å². The Kier molecular flexibility index (Phi) is 9.07. The molecule has 2 atom stereocenters. The van der Waals surface area contributed by atoms with Crippen LogP contribution in [0.2, 0.25) is 18.1 Å². The molecule has 0 bridgehead atoms. The molecule has 1 saturated heterocycles. The van der Waals surface area contributed by atoms with E-state index in [0.717, 1.165) is 18.5 Å². The van der Waals surface area contributed by atoms with E-state index in [9.17, 15) is 23.1 Å². The van der Waals surface area contributed by atoms with E-state index >= 15 is 0 Å². The lowest BCUT2D eigenvalue weighted by Crippen LogP contribution is -2.46. The predicted molar refractivity (Wildman–Crippen MR) is 163 cm³/mol. The molecule has 0 aliphatic carbocycles. The second-order valence-corrected chi connectivity index (χ2v) is 17.7. The minimum Gasteiger partial charge on any atom is -0.481 e. The Morgan fingerprint density at radius 1 is 1.04 bits per heavy atom. The van der Waals surface area contributed by atoms with Crippen molar-refractivity contribution in [2.45, 2.75) is 64.0 Å². The van der Waals surface area contributed by atoms with Crippen molar-refractivity contribution in [3.8, 4) is 34.3 Å². The van der Waals surface area contributed by atoms with Gasteiger partial charge in [0.15, 0.2) is 8.32 Å². The largest absolute Gasteiger partial charge is 0.481 e. The predicted octanol–water partition coefficient (Wildman–Crippen LogP) is 7.94. The maximum absolute atomic E-state index is 14.2. The van der Waals surface area contributed by atoms with E-state index in [-0.39, 0.29) is 28.2 Å².